The van der Waals surface area contributed by atoms with Gasteiger partial charge in [-0.05, 0) is 0 Å². The minimum atomic E-state index is -1.40. The van der Waals surface area contributed by atoms with Crippen LogP contribution in [0, 0.1) is 0 Å². The van der Waals surface area contributed by atoms with Gasteiger partial charge in [0, 0.05) is 0 Å². The van der Waals surface area contributed by atoms with Crippen LogP contribution in [-0.2, 0) is 4.74 Å². The summed E-state index contributed by atoms with van der Waals surface area (Å²) in [6, 6.07) is 1.09. The van der Waals surface area contributed by atoms with E-state index in [1.165, 1.54) is 7.11 Å². The van der Waals surface area contributed by atoms with Gasteiger partial charge in [0.05, 0.1) is 19.8 Å². The second-order valence-electron chi connectivity index (χ2n) is 4.02. The Labute approximate surface area is 112 Å². The Balaban J connectivity index is 2.38. The van der Waals surface area contributed by atoms with E-state index in [0.29, 0.717) is 0 Å². The van der Waals surface area contributed by atoms with Gasteiger partial charge in [0.25, 0.3) is 5.56 Å². The molecule has 106 valence electrons. The Kier molecular flexibility index (Phi) is 4.07. The highest BCUT2D eigenvalue weighted by Crippen LogP contribution is 2.28. The van der Waals surface area contributed by atoms with Crippen LogP contribution in [0.5, 0.6) is 5.75 Å². The van der Waals surface area contributed by atoms with Crippen molar-refractivity contribution in [1.29, 1.82) is 0 Å². The first-order valence-corrected chi connectivity index (χ1v) is 5.83. The summed E-state index contributed by atoms with van der Waals surface area (Å²) in [5.74, 6) is 0.0923. The van der Waals surface area contributed by atoms with Crippen molar-refractivity contribution >= 4 is 11.6 Å². The smallest absolute Gasteiger partial charge is 0.273 e. The van der Waals surface area contributed by atoms with Gasteiger partial charge in [-0.25, -0.2) is 0 Å². The van der Waals surface area contributed by atoms with Crippen molar-refractivity contribution in [3.63, 3.8) is 0 Å². The van der Waals surface area contributed by atoms with Gasteiger partial charge in [0.2, 0.25) is 0 Å². The zero-order valence-corrected chi connectivity index (χ0v) is 10.7. The lowest BCUT2D eigenvalue weighted by Crippen LogP contribution is -2.36. The average molecular weight is 293 g/mol. The summed E-state index contributed by atoms with van der Waals surface area (Å²) >= 11 is 5.79. The van der Waals surface area contributed by atoms with E-state index in [1.54, 1.807) is 0 Å². The molecule has 0 bridgehead atoms. The number of methoxy groups -OCH3 is 1. The molecule has 19 heavy (non-hydrogen) atoms. The van der Waals surface area contributed by atoms with Gasteiger partial charge in [-0.3, -0.25) is 4.79 Å². The van der Waals surface area contributed by atoms with Crippen LogP contribution in [0.25, 0.3) is 0 Å². The predicted molar refractivity (Wildman–Crippen MR) is 63.1 cm³/mol. The largest absolute Gasteiger partial charge is 0.493 e. The third kappa shape index (κ3) is 2.45. The van der Waals surface area contributed by atoms with Crippen LogP contribution in [-0.4, -0.2) is 57.1 Å². The first-order chi connectivity index (χ1) is 8.99. The van der Waals surface area contributed by atoms with Crippen molar-refractivity contribution in [1.82, 2.24) is 9.78 Å². The van der Waals surface area contributed by atoms with Gasteiger partial charge in [-0.1, -0.05) is 11.6 Å². The number of hydrogen-bond donors (Lipinski definition) is 3. The number of aliphatic hydroxyl groups is 3. The molecule has 0 aliphatic carbocycles. The molecular weight excluding hydrogens is 280 g/mol. The summed E-state index contributed by atoms with van der Waals surface area (Å²) < 4.78 is 10.8. The van der Waals surface area contributed by atoms with Crippen molar-refractivity contribution < 1.29 is 24.8 Å². The number of hydrogen-bond acceptors (Lipinski definition) is 7. The first kappa shape index (κ1) is 14.2. The number of rotatable bonds is 3. The van der Waals surface area contributed by atoms with E-state index in [0.717, 1.165) is 10.7 Å². The van der Waals surface area contributed by atoms with Gasteiger partial charge in [-0.15, -0.1) is 0 Å². The molecule has 0 saturated carbocycles. The summed E-state index contributed by atoms with van der Waals surface area (Å²) in [5.41, 5.74) is -0.615. The van der Waals surface area contributed by atoms with Crippen LogP contribution < -0.4 is 10.3 Å². The van der Waals surface area contributed by atoms with Gasteiger partial charge in [0.1, 0.15) is 18.3 Å². The van der Waals surface area contributed by atoms with Gasteiger partial charge < -0.3 is 24.8 Å². The molecule has 9 heteroatoms. The van der Waals surface area contributed by atoms with Crippen LogP contribution in [0.3, 0.4) is 0 Å². The lowest BCUT2D eigenvalue weighted by molar-refractivity contribution is -0.0610. The van der Waals surface area contributed by atoms with Crippen molar-refractivity contribution in [3.8, 4) is 5.75 Å². The van der Waals surface area contributed by atoms with E-state index in [-0.39, 0.29) is 10.9 Å². The number of nitrogens with zero attached hydrogens (tertiary/aromatic N) is 2. The summed E-state index contributed by atoms with van der Waals surface area (Å²) in [5, 5.41) is 32.0. The molecule has 1 fully saturated rings. The van der Waals surface area contributed by atoms with Crippen LogP contribution in [0.1, 0.15) is 6.23 Å². The Hall–Kier alpha value is -1.19. The fourth-order valence-electron chi connectivity index (χ4n) is 1.84. The first-order valence-electron chi connectivity index (χ1n) is 5.45. The molecule has 0 amide bonds. The standard InChI is InChI=1S/C10H13ClN2O6/c1-18-4-2-6(15)13(12-9(4)11)10-8(17)7(16)5(3-14)19-10/h2,5,7-8,10,14,16-17H,3H2,1H3/t5-,7-,8-,10-/m1/s1. The summed E-state index contributed by atoms with van der Waals surface area (Å²) in [6.07, 6.45) is -4.92. The van der Waals surface area contributed by atoms with E-state index in [4.69, 9.17) is 26.2 Å². The minimum absolute atomic E-state index is 0.0835. The molecule has 0 spiro atoms. The van der Waals surface area contributed by atoms with Gasteiger partial charge in [0.15, 0.2) is 17.1 Å². The highest BCUT2D eigenvalue weighted by atomic mass is 35.5. The maximum Gasteiger partial charge on any atom is 0.273 e. The minimum Gasteiger partial charge on any atom is -0.493 e. The third-order valence-electron chi connectivity index (χ3n) is 2.86. The number of halogens is 1. The van der Waals surface area contributed by atoms with Crippen LogP contribution >= 0.6 is 11.6 Å². The molecule has 1 aliphatic heterocycles. The number of aliphatic hydroxyl groups excluding tert-OH is 3. The molecule has 1 aromatic heterocycles. The molecule has 0 unspecified atom stereocenters. The molecule has 1 saturated heterocycles. The van der Waals surface area contributed by atoms with Crippen LogP contribution in [0.4, 0.5) is 0 Å². The Bertz CT molecular complexity index is 521. The molecule has 0 aromatic carbocycles. The maximum absolute atomic E-state index is 11.8. The number of ether oxygens (including phenoxy) is 2. The third-order valence-corrected chi connectivity index (χ3v) is 3.12. The second kappa shape index (κ2) is 5.43. The predicted octanol–water partition coefficient (Wildman–Crippen LogP) is -1.48. The molecule has 0 radical (unpaired) electrons. The molecule has 4 atom stereocenters. The number of aromatic nitrogens is 2. The Morgan fingerprint density at radius 1 is 1.53 bits per heavy atom. The fourth-order valence-corrected chi connectivity index (χ4v) is 2.05. The molecule has 8 nitrogen and oxygen atoms in total. The summed E-state index contributed by atoms with van der Waals surface area (Å²) in [6.45, 7) is -0.493. The van der Waals surface area contributed by atoms with E-state index in [9.17, 15) is 15.0 Å². The van der Waals surface area contributed by atoms with Gasteiger partial charge in [-0.2, -0.15) is 9.78 Å². The molecule has 3 N–H and O–H groups in total. The topological polar surface area (TPSA) is 114 Å². The van der Waals surface area contributed by atoms with Crippen LogP contribution in [0.15, 0.2) is 10.9 Å². The highest BCUT2D eigenvalue weighted by Gasteiger charge is 2.44. The van der Waals surface area contributed by atoms with Crippen molar-refractivity contribution in [2.75, 3.05) is 13.7 Å². The zero-order chi connectivity index (χ0) is 14.2. The summed E-state index contributed by atoms with van der Waals surface area (Å²) in [7, 11) is 1.33. The molecule has 1 aliphatic rings. The Morgan fingerprint density at radius 3 is 2.74 bits per heavy atom. The van der Waals surface area contributed by atoms with E-state index in [2.05, 4.69) is 5.10 Å². The molecular formula is C10H13ClN2O6. The van der Waals surface area contributed by atoms with Crippen molar-refractivity contribution in [2.45, 2.75) is 24.5 Å². The maximum atomic E-state index is 11.8. The lowest BCUT2D eigenvalue weighted by atomic mass is 10.1. The van der Waals surface area contributed by atoms with E-state index >= 15 is 0 Å². The van der Waals surface area contributed by atoms with Crippen molar-refractivity contribution in [3.05, 3.63) is 21.6 Å². The quantitative estimate of drug-likeness (QED) is 0.622. The normalized spacial score (nSPS) is 30.6. The average Bonchev–Trinajstić information content (AvgIpc) is 2.68. The van der Waals surface area contributed by atoms with Gasteiger partial charge >= 0.3 is 0 Å². The lowest BCUT2D eigenvalue weighted by Gasteiger charge is -2.16. The van der Waals surface area contributed by atoms with E-state index < -0.39 is 36.7 Å². The monoisotopic (exact) mass is 292 g/mol. The molecule has 1 aromatic rings. The SMILES string of the molecule is COc1cc(=O)n([C@@H]2O[C@H](CO)[C@@H](O)[C@H]2O)nc1Cl. The van der Waals surface area contributed by atoms with E-state index in [1.807, 2.05) is 0 Å². The summed E-state index contributed by atoms with van der Waals surface area (Å²) in [4.78, 5) is 11.8. The zero-order valence-electron chi connectivity index (χ0n) is 9.93. The second-order valence-corrected chi connectivity index (χ2v) is 4.37. The van der Waals surface area contributed by atoms with Crippen LogP contribution in [0.2, 0.25) is 5.15 Å². The fraction of sp³-hybridized carbons (Fsp3) is 0.600. The molecule has 2 rings (SSSR count). The molecule has 2 heterocycles. The Morgan fingerprint density at radius 2 is 2.21 bits per heavy atom. The van der Waals surface area contributed by atoms with Crippen molar-refractivity contribution in [2.24, 2.45) is 0 Å². The highest BCUT2D eigenvalue weighted by molar-refractivity contribution is 6.30.